The first-order valence-electron chi connectivity index (χ1n) is 11.4. The van der Waals surface area contributed by atoms with Gasteiger partial charge in [0.05, 0.1) is 27.6 Å². The molecule has 0 aliphatic carbocycles. The molecule has 0 spiro atoms. The quantitative estimate of drug-likeness (QED) is 0.173. The predicted molar refractivity (Wildman–Crippen MR) is 146 cm³/mol. The molecule has 0 aliphatic heterocycles. The fourth-order valence-electron chi connectivity index (χ4n) is 3.65. The van der Waals surface area contributed by atoms with Crippen LogP contribution in [-0.2, 0) is 12.0 Å². The normalized spacial score (nSPS) is 11.7. The third-order valence-electron chi connectivity index (χ3n) is 5.58. The number of nitro benzene ring substituents is 1. The highest BCUT2D eigenvalue weighted by atomic mass is 79.9. The summed E-state index contributed by atoms with van der Waals surface area (Å²) in [6.07, 6.45) is 1.36. The summed E-state index contributed by atoms with van der Waals surface area (Å²) in [5.74, 6) is -0.564. The van der Waals surface area contributed by atoms with E-state index in [-0.39, 0.29) is 29.2 Å². The van der Waals surface area contributed by atoms with Crippen molar-refractivity contribution in [2.24, 2.45) is 5.10 Å². The number of carbonyl (C=O) groups is 1. The van der Waals surface area contributed by atoms with Crippen LogP contribution in [0.2, 0.25) is 0 Å². The molecule has 10 nitrogen and oxygen atoms in total. The largest absolute Gasteiger partial charge is 0.482 e. The zero-order valence-corrected chi connectivity index (χ0v) is 22.3. The highest BCUT2D eigenvalue weighted by Crippen LogP contribution is 2.29. The van der Waals surface area contributed by atoms with Crippen molar-refractivity contribution in [2.75, 3.05) is 0 Å². The molecule has 4 aromatic rings. The van der Waals surface area contributed by atoms with Crippen LogP contribution in [0.1, 0.15) is 48.1 Å². The summed E-state index contributed by atoms with van der Waals surface area (Å²) in [5, 5.41) is 25.5. The number of nitro groups is 1. The van der Waals surface area contributed by atoms with Gasteiger partial charge in [-0.2, -0.15) is 9.78 Å². The van der Waals surface area contributed by atoms with Gasteiger partial charge in [0.2, 0.25) is 0 Å². The Balaban J connectivity index is 1.66. The molecule has 11 heteroatoms. The third-order valence-corrected chi connectivity index (χ3v) is 6.07. The lowest BCUT2D eigenvalue weighted by Gasteiger charge is -2.20. The standard InChI is InChI=1S/C27H23BrN4O6/c1-27(2,3)26-30-21-10-9-19(28)13-20(21)24(33)31(26)29-14-17-6-11-23(22(12-17)32(36)37)38-15-16-4-7-18(8-5-16)25(34)35/h4-14H,15H2,1-3H3,(H,34,35). The predicted octanol–water partition coefficient (Wildman–Crippen LogP) is 5.52. The zero-order valence-electron chi connectivity index (χ0n) is 20.7. The molecule has 194 valence electrons. The SMILES string of the molecule is CC(C)(C)c1nc2ccc(Br)cc2c(=O)n1N=Cc1ccc(OCc2ccc(C(=O)O)cc2)c([N+](=O)[O-])c1. The smallest absolute Gasteiger partial charge is 0.335 e. The van der Waals surface area contributed by atoms with Gasteiger partial charge >= 0.3 is 11.7 Å². The van der Waals surface area contributed by atoms with E-state index in [1.165, 1.54) is 35.2 Å². The highest BCUT2D eigenvalue weighted by Gasteiger charge is 2.23. The Hall–Kier alpha value is -4.38. The summed E-state index contributed by atoms with van der Waals surface area (Å²) in [6, 6.07) is 15.6. The Labute approximate surface area is 225 Å². The molecule has 1 heterocycles. The number of aromatic carboxylic acids is 1. The van der Waals surface area contributed by atoms with E-state index in [1.807, 2.05) is 26.8 Å². The maximum absolute atomic E-state index is 13.3. The molecular formula is C27H23BrN4O6. The van der Waals surface area contributed by atoms with E-state index in [2.05, 4.69) is 26.0 Å². The average molecular weight is 579 g/mol. The first-order chi connectivity index (χ1) is 17.9. The number of ether oxygens (including phenoxy) is 1. The maximum Gasteiger partial charge on any atom is 0.335 e. The summed E-state index contributed by atoms with van der Waals surface area (Å²) in [4.78, 5) is 40.1. The molecule has 0 saturated heterocycles. The average Bonchev–Trinajstić information content (AvgIpc) is 2.87. The molecule has 0 bridgehead atoms. The van der Waals surface area contributed by atoms with Gasteiger partial charge in [0.25, 0.3) is 5.56 Å². The molecule has 0 amide bonds. The molecule has 0 radical (unpaired) electrons. The lowest BCUT2D eigenvalue weighted by Crippen LogP contribution is -2.29. The van der Waals surface area contributed by atoms with Gasteiger partial charge < -0.3 is 9.84 Å². The summed E-state index contributed by atoms with van der Waals surface area (Å²) in [6.45, 7) is 5.75. The molecular weight excluding hydrogens is 556 g/mol. The Morgan fingerprint density at radius 2 is 1.87 bits per heavy atom. The van der Waals surface area contributed by atoms with Crippen molar-refractivity contribution in [3.05, 3.63) is 108 Å². The Morgan fingerprint density at radius 3 is 2.50 bits per heavy atom. The minimum absolute atomic E-state index is 0.0107. The second-order valence-corrected chi connectivity index (χ2v) is 10.4. The van der Waals surface area contributed by atoms with E-state index < -0.39 is 16.3 Å². The molecule has 0 aliphatic rings. The lowest BCUT2D eigenvalue weighted by molar-refractivity contribution is -0.385. The summed E-state index contributed by atoms with van der Waals surface area (Å²) >= 11 is 3.38. The van der Waals surface area contributed by atoms with Gasteiger partial charge in [-0.15, -0.1) is 0 Å². The van der Waals surface area contributed by atoms with Crippen LogP contribution in [0.3, 0.4) is 0 Å². The minimum atomic E-state index is -1.05. The third kappa shape index (κ3) is 5.78. The molecule has 1 N–H and O–H groups in total. The fourth-order valence-corrected chi connectivity index (χ4v) is 4.01. The van der Waals surface area contributed by atoms with Crippen LogP contribution in [0.5, 0.6) is 5.75 Å². The highest BCUT2D eigenvalue weighted by molar-refractivity contribution is 9.10. The van der Waals surface area contributed by atoms with Crippen LogP contribution in [0.25, 0.3) is 10.9 Å². The van der Waals surface area contributed by atoms with Crippen molar-refractivity contribution >= 4 is 44.7 Å². The minimum Gasteiger partial charge on any atom is -0.482 e. The molecule has 0 fully saturated rings. The van der Waals surface area contributed by atoms with Crippen LogP contribution >= 0.6 is 15.9 Å². The van der Waals surface area contributed by atoms with Crippen molar-refractivity contribution in [3.63, 3.8) is 0 Å². The number of hydrogen-bond donors (Lipinski definition) is 1. The number of benzene rings is 3. The van der Waals surface area contributed by atoms with Crippen molar-refractivity contribution in [2.45, 2.75) is 32.8 Å². The molecule has 4 rings (SSSR count). The molecule has 0 unspecified atom stereocenters. The lowest BCUT2D eigenvalue weighted by atomic mass is 9.95. The van der Waals surface area contributed by atoms with E-state index in [9.17, 15) is 19.7 Å². The summed E-state index contributed by atoms with van der Waals surface area (Å²) in [5.41, 5.74) is 0.566. The number of carboxylic acid groups (broad SMARTS) is 1. The Bertz CT molecular complexity index is 1640. The Kier molecular flexibility index (Phi) is 7.40. The van der Waals surface area contributed by atoms with E-state index >= 15 is 0 Å². The van der Waals surface area contributed by atoms with Crippen LogP contribution in [0, 0.1) is 10.1 Å². The number of aromatic nitrogens is 2. The Morgan fingerprint density at radius 1 is 1.16 bits per heavy atom. The molecule has 1 aromatic heterocycles. The van der Waals surface area contributed by atoms with Gasteiger partial charge in [-0.25, -0.2) is 9.78 Å². The first-order valence-corrected chi connectivity index (χ1v) is 12.2. The van der Waals surface area contributed by atoms with Gasteiger partial charge in [-0.05, 0) is 48.0 Å². The van der Waals surface area contributed by atoms with Crippen molar-refractivity contribution in [1.29, 1.82) is 0 Å². The second kappa shape index (κ2) is 10.5. The number of hydrogen-bond acceptors (Lipinski definition) is 7. The van der Waals surface area contributed by atoms with Gasteiger partial charge in [-0.3, -0.25) is 14.9 Å². The second-order valence-electron chi connectivity index (χ2n) is 9.48. The molecule has 0 saturated carbocycles. The van der Waals surface area contributed by atoms with E-state index in [0.29, 0.717) is 27.9 Å². The first kappa shape index (κ1) is 26.7. The zero-order chi connectivity index (χ0) is 27.6. The van der Waals surface area contributed by atoms with Crippen LogP contribution in [-0.4, -0.2) is 31.9 Å². The monoisotopic (exact) mass is 578 g/mol. The topological polar surface area (TPSA) is 137 Å². The molecule has 3 aromatic carbocycles. The van der Waals surface area contributed by atoms with Gasteiger partial charge in [0, 0.05) is 21.5 Å². The maximum atomic E-state index is 13.3. The van der Waals surface area contributed by atoms with Crippen molar-refractivity contribution in [1.82, 2.24) is 9.66 Å². The van der Waals surface area contributed by atoms with E-state index in [0.717, 1.165) is 4.47 Å². The number of rotatable bonds is 7. The number of halogens is 1. The summed E-state index contributed by atoms with van der Waals surface area (Å²) in [7, 11) is 0. The van der Waals surface area contributed by atoms with Crippen LogP contribution < -0.4 is 10.3 Å². The molecule has 38 heavy (non-hydrogen) atoms. The fraction of sp³-hybridized carbons (Fsp3) is 0.185. The van der Waals surface area contributed by atoms with Crippen molar-refractivity contribution < 1.29 is 19.6 Å². The van der Waals surface area contributed by atoms with Crippen LogP contribution in [0.15, 0.2) is 75.0 Å². The van der Waals surface area contributed by atoms with E-state index in [4.69, 9.17) is 9.84 Å². The number of fused-ring (bicyclic) bond motifs is 1. The van der Waals surface area contributed by atoms with Gasteiger partial charge in [0.1, 0.15) is 12.4 Å². The number of carboxylic acids is 1. The molecule has 0 atom stereocenters. The van der Waals surface area contributed by atoms with Gasteiger partial charge in [0.15, 0.2) is 5.75 Å². The van der Waals surface area contributed by atoms with E-state index in [1.54, 1.807) is 30.3 Å². The summed E-state index contributed by atoms with van der Waals surface area (Å²) < 4.78 is 7.58. The van der Waals surface area contributed by atoms with Crippen LogP contribution in [0.4, 0.5) is 5.69 Å². The van der Waals surface area contributed by atoms with Gasteiger partial charge in [-0.1, -0.05) is 48.8 Å². The number of nitrogens with zero attached hydrogens (tertiary/aromatic N) is 4. The van der Waals surface area contributed by atoms with Crippen molar-refractivity contribution in [3.8, 4) is 5.75 Å².